The van der Waals surface area contributed by atoms with Gasteiger partial charge in [0.15, 0.2) is 0 Å². The molecule has 0 radical (unpaired) electrons. The van der Waals surface area contributed by atoms with Gasteiger partial charge in [0, 0.05) is 12.4 Å². The summed E-state index contributed by atoms with van der Waals surface area (Å²) in [5.74, 6) is 0.484. The zero-order chi connectivity index (χ0) is 27.6. The van der Waals surface area contributed by atoms with E-state index < -0.39 is 9.52 Å². The van der Waals surface area contributed by atoms with Gasteiger partial charge in [-0.1, -0.05) is 156 Å². The summed E-state index contributed by atoms with van der Waals surface area (Å²) in [6.07, 6.45) is 5.94. The van der Waals surface area contributed by atoms with E-state index in [2.05, 4.69) is 176 Å². The normalized spacial score (nSPS) is 11.3. The van der Waals surface area contributed by atoms with E-state index >= 15 is 0 Å². The minimum absolute atomic E-state index is 0.200. The molecule has 0 unspecified atom stereocenters. The predicted molar refractivity (Wildman–Crippen MR) is 174 cm³/mol. The first-order valence-corrected chi connectivity index (χ1v) is 15.3. The number of aromatic nitrogens is 2. The third kappa shape index (κ3) is 6.24. The van der Waals surface area contributed by atoms with Gasteiger partial charge in [0.25, 0.3) is 0 Å². The molecule has 0 bridgehead atoms. The number of nitrogens with zero attached hydrogens (tertiary/aromatic N) is 2. The van der Waals surface area contributed by atoms with Crippen LogP contribution in [0, 0.1) is 6.92 Å². The topological polar surface area (TPSA) is 17.8 Å². The van der Waals surface area contributed by atoms with Crippen molar-refractivity contribution in [2.24, 2.45) is 0 Å². The Balaban J connectivity index is 0.000000194. The summed E-state index contributed by atoms with van der Waals surface area (Å²) in [6.45, 7) is 2.14. The molecule has 0 aliphatic heterocycles. The third-order valence-electron chi connectivity index (χ3n) is 7.63. The van der Waals surface area contributed by atoms with E-state index in [0.29, 0.717) is 5.82 Å². The van der Waals surface area contributed by atoms with Gasteiger partial charge >= 0.3 is 0 Å². The van der Waals surface area contributed by atoms with Gasteiger partial charge in [-0.15, -0.1) is 0 Å². The van der Waals surface area contributed by atoms with Crippen LogP contribution in [0.4, 0.5) is 0 Å². The molecule has 0 saturated heterocycles. The van der Waals surface area contributed by atoms with Gasteiger partial charge < -0.3 is 4.57 Å². The van der Waals surface area contributed by atoms with Crippen LogP contribution in [0.1, 0.15) is 33.6 Å². The fourth-order valence-corrected chi connectivity index (χ4v) is 7.66. The van der Waals surface area contributed by atoms with Crippen LogP contribution in [0.5, 0.6) is 0 Å². The first kappa shape index (κ1) is 27.2. The van der Waals surface area contributed by atoms with Crippen LogP contribution in [0.15, 0.2) is 164 Å². The highest BCUT2D eigenvalue weighted by Crippen LogP contribution is 2.33. The Bertz CT molecular complexity index is 1480. The summed E-state index contributed by atoms with van der Waals surface area (Å²) < 4.78 is 2.30. The van der Waals surface area contributed by atoms with Crippen molar-refractivity contribution in [3.8, 4) is 0 Å². The van der Waals surface area contributed by atoms with Crippen molar-refractivity contribution in [3.05, 3.63) is 192 Å². The lowest BCUT2D eigenvalue weighted by atomic mass is 9.76. The summed E-state index contributed by atoms with van der Waals surface area (Å²) in [5, 5.41) is 1.24. The monoisotopic (exact) mass is 534 g/mol. The molecule has 4 heteroatoms. The Morgan fingerprint density at radius 3 is 1.50 bits per heavy atom. The maximum atomic E-state index is 4.38. The largest absolute Gasteiger partial charge is 0.326 e. The molecule has 1 aromatic heterocycles. The Labute approximate surface area is 241 Å². The van der Waals surface area contributed by atoms with Gasteiger partial charge in [0.05, 0.1) is 21.0 Å². The summed E-state index contributed by atoms with van der Waals surface area (Å²) in [7, 11) is 1.48. The average Bonchev–Trinajstić information content (AvgIpc) is 3.58. The van der Waals surface area contributed by atoms with Crippen LogP contribution in [-0.2, 0) is 5.16 Å². The Morgan fingerprint density at radius 2 is 1.07 bits per heavy atom. The molecule has 2 nitrogen and oxygen atoms in total. The molecule has 1 heterocycles. The molecule has 40 heavy (non-hydrogen) atoms. The van der Waals surface area contributed by atoms with Crippen molar-refractivity contribution in [2.75, 3.05) is 0 Å². The molecule has 0 aliphatic rings. The molecule has 0 saturated carbocycles. The van der Waals surface area contributed by atoms with Crippen molar-refractivity contribution in [3.63, 3.8) is 0 Å². The lowest BCUT2D eigenvalue weighted by molar-refractivity contribution is 0.596. The van der Waals surface area contributed by atoms with Crippen LogP contribution >= 0.6 is 0 Å². The Hall–Kier alpha value is -4.41. The molecule has 0 aliphatic carbocycles. The van der Waals surface area contributed by atoms with Gasteiger partial charge in [-0.2, -0.15) is 0 Å². The van der Waals surface area contributed by atoms with Gasteiger partial charge in [-0.25, -0.2) is 4.98 Å². The van der Waals surface area contributed by atoms with E-state index in [1.54, 1.807) is 0 Å². The molecular formula is C36H35BN2Si. The number of hydrogen-bond acceptors (Lipinski definition) is 1. The van der Waals surface area contributed by atoms with Gasteiger partial charge in [-0.05, 0) is 35.0 Å². The van der Waals surface area contributed by atoms with Gasteiger partial charge in [0.2, 0.25) is 0 Å². The van der Waals surface area contributed by atoms with Crippen LogP contribution in [0.2, 0.25) is 0 Å². The zero-order valence-electron chi connectivity index (χ0n) is 23.3. The second kappa shape index (κ2) is 13.1. The molecule has 196 valence electrons. The zero-order valence-corrected chi connectivity index (χ0v) is 24.7. The first-order chi connectivity index (χ1) is 19.7. The number of benzene rings is 5. The van der Waals surface area contributed by atoms with E-state index in [0.717, 1.165) is 0 Å². The molecule has 6 aromatic rings. The average molecular weight is 535 g/mol. The van der Waals surface area contributed by atoms with E-state index in [9.17, 15) is 0 Å². The molecule has 0 fully saturated rings. The number of rotatable bonds is 7. The fourth-order valence-electron chi connectivity index (χ4n) is 5.35. The highest BCUT2D eigenvalue weighted by molar-refractivity contribution is 6.57. The maximum Gasteiger partial charge on any atom is 0.116 e. The summed E-state index contributed by atoms with van der Waals surface area (Å²) in [6, 6.07) is 51.9. The molecule has 6 rings (SSSR count). The van der Waals surface area contributed by atoms with Crippen molar-refractivity contribution in [1.82, 2.24) is 9.55 Å². The maximum absolute atomic E-state index is 4.38. The van der Waals surface area contributed by atoms with E-state index in [1.807, 2.05) is 12.5 Å². The molecule has 0 amide bonds. The first-order valence-electron chi connectivity index (χ1n) is 13.9. The van der Waals surface area contributed by atoms with E-state index in [1.165, 1.54) is 33.0 Å². The predicted octanol–water partition coefficient (Wildman–Crippen LogP) is 5.84. The fraction of sp³-hybridized carbons (Fsp3) is 0.0833. The lowest BCUT2D eigenvalue weighted by Gasteiger charge is -2.37. The molecule has 0 spiro atoms. The second-order valence-corrected chi connectivity index (χ2v) is 12.5. The van der Waals surface area contributed by atoms with Crippen molar-refractivity contribution < 1.29 is 0 Å². The Morgan fingerprint density at radius 1 is 0.625 bits per heavy atom. The van der Waals surface area contributed by atoms with Crippen molar-refractivity contribution >= 4 is 22.6 Å². The number of hydrogen-bond donors (Lipinski definition) is 0. The SMILES string of the molecule is BC(c1ccccc1)c1ccccc1.Cc1ccc([SiH2]C(c2ccccc2)(c2ccccc2)n2ccnc2)cc1. The van der Waals surface area contributed by atoms with Crippen LogP contribution in [-0.4, -0.2) is 26.9 Å². The standard InChI is InChI=1S/C23H22N2Si.C13H13B/c1-19-12-14-22(15-13-19)26-23(25-17-16-24-18-25,20-8-4-2-5-9-20)21-10-6-3-7-11-21;14-13(11-7-3-1-4-8-11)12-9-5-2-6-10-12/h2-18H,26H2,1H3;1-10,13H,14H2. The minimum atomic E-state index is -0.763. The van der Waals surface area contributed by atoms with Crippen LogP contribution < -0.4 is 5.19 Å². The highest BCUT2D eigenvalue weighted by atomic mass is 28.2. The van der Waals surface area contributed by atoms with Crippen molar-refractivity contribution in [2.45, 2.75) is 17.9 Å². The van der Waals surface area contributed by atoms with Gasteiger partial charge in [0.1, 0.15) is 7.85 Å². The second-order valence-electron chi connectivity index (χ2n) is 10.3. The minimum Gasteiger partial charge on any atom is -0.326 e. The van der Waals surface area contributed by atoms with E-state index in [4.69, 9.17) is 0 Å². The molecule has 0 N–H and O–H groups in total. The third-order valence-corrected chi connectivity index (χ3v) is 10.2. The van der Waals surface area contributed by atoms with Gasteiger partial charge in [-0.3, -0.25) is 0 Å². The van der Waals surface area contributed by atoms with Crippen LogP contribution in [0.3, 0.4) is 0 Å². The highest BCUT2D eigenvalue weighted by Gasteiger charge is 2.36. The smallest absolute Gasteiger partial charge is 0.116 e. The van der Waals surface area contributed by atoms with Crippen LogP contribution in [0.25, 0.3) is 0 Å². The Kier molecular flexibility index (Phi) is 8.90. The number of aryl methyl sites for hydroxylation is 1. The lowest BCUT2D eigenvalue weighted by Crippen LogP contribution is -2.46. The summed E-state index contributed by atoms with van der Waals surface area (Å²) in [4.78, 5) is 4.38. The quantitative estimate of drug-likeness (QED) is 0.235. The summed E-state index contributed by atoms with van der Waals surface area (Å²) >= 11 is 0. The summed E-state index contributed by atoms with van der Waals surface area (Å²) in [5.41, 5.74) is 6.68. The molecule has 5 aromatic carbocycles. The molecular weight excluding hydrogens is 499 g/mol. The van der Waals surface area contributed by atoms with E-state index in [-0.39, 0.29) is 5.16 Å². The molecule has 0 atom stereocenters. The van der Waals surface area contributed by atoms with Crippen molar-refractivity contribution in [1.29, 1.82) is 0 Å². The number of imidazole rings is 1.